The first-order valence-corrected chi connectivity index (χ1v) is 10.8. The fraction of sp³-hybridized carbons (Fsp3) is 0.192. The van der Waals surface area contributed by atoms with Gasteiger partial charge < -0.3 is 20.4 Å². The lowest BCUT2D eigenvalue weighted by molar-refractivity contribution is 0.262. The lowest BCUT2D eigenvalue weighted by atomic mass is 9.96. The molecule has 4 rings (SSSR count). The molecule has 0 saturated heterocycles. The van der Waals surface area contributed by atoms with Crippen LogP contribution in [0.3, 0.4) is 0 Å². The minimum atomic E-state index is -0.562. The average molecular weight is 460 g/mol. The van der Waals surface area contributed by atoms with Gasteiger partial charge in [0.15, 0.2) is 0 Å². The zero-order valence-electron chi connectivity index (χ0n) is 19.4. The summed E-state index contributed by atoms with van der Waals surface area (Å²) in [6.07, 6.45) is 3.41. The van der Waals surface area contributed by atoms with Gasteiger partial charge in [0.2, 0.25) is 0 Å². The number of ether oxygens (including phenoxy) is 1. The Morgan fingerprint density at radius 3 is 2.32 bits per heavy atom. The zero-order valence-corrected chi connectivity index (χ0v) is 19.4. The molecule has 0 aliphatic rings. The zero-order chi connectivity index (χ0) is 24.3. The van der Waals surface area contributed by atoms with Crippen molar-refractivity contribution in [3.05, 3.63) is 78.6 Å². The minimum Gasteiger partial charge on any atom is -0.497 e. The Morgan fingerprint density at radius 1 is 0.971 bits per heavy atom. The standard InChI is InChI=1S/C26H26FN5O2/c1-26(2,3)24-31-22(16-11-13-28-14-12-16)23(32-24)17-5-10-20(27)21(15-17)30-25(33)29-18-6-8-19(34-4)9-7-18/h5-15H,1-4H3,(H,31,32)(H2,29,30,33). The molecule has 7 nitrogen and oxygen atoms in total. The molecule has 2 aromatic carbocycles. The number of carbonyl (C=O) groups is 1. The number of H-pyrrole nitrogens is 1. The van der Waals surface area contributed by atoms with Crippen LogP contribution in [0.15, 0.2) is 67.0 Å². The number of imidazole rings is 1. The van der Waals surface area contributed by atoms with Gasteiger partial charge in [-0.3, -0.25) is 4.98 Å². The third kappa shape index (κ3) is 5.06. The summed E-state index contributed by atoms with van der Waals surface area (Å²) >= 11 is 0. The fourth-order valence-electron chi connectivity index (χ4n) is 3.39. The van der Waals surface area contributed by atoms with Crippen LogP contribution in [0, 0.1) is 5.82 Å². The topological polar surface area (TPSA) is 91.9 Å². The van der Waals surface area contributed by atoms with Crippen LogP contribution in [0.5, 0.6) is 5.75 Å². The Balaban J connectivity index is 1.65. The molecule has 34 heavy (non-hydrogen) atoms. The first-order chi connectivity index (χ1) is 16.2. The van der Waals surface area contributed by atoms with Gasteiger partial charge in [-0.15, -0.1) is 0 Å². The third-order valence-corrected chi connectivity index (χ3v) is 5.22. The van der Waals surface area contributed by atoms with E-state index >= 15 is 0 Å². The number of hydrogen-bond acceptors (Lipinski definition) is 4. The maximum Gasteiger partial charge on any atom is 0.323 e. The van der Waals surface area contributed by atoms with Gasteiger partial charge in [0.1, 0.15) is 17.4 Å². The predicted molar refractivity (Wildman–Crippen MR) is 132 cm³/mol. The normalized spacial score (nSPS) is 11.2. The van der Waals surface area contributed by atoms with Crippen molar-refractivity contribution in [1.29, 1.82) is 0 Å². The molecule has 0 fully saturated rings. The van der Waals surface area contributed by atoms with Crippen LogP contribution in [0.4, 0.5) is 20.6 Å². The van der Waals surface area contributed by atoms with E-state index in [1.807, 2.05) is 12.1 Å². The largest absolute Gasteiger partial charge is 0.497 e. The van der Waals surface area contributed by atoms with Gasteiger partial charge in [0.25, 0.3) is 0 Å². The predicted octanol–water partition coefficient (Wildman–Crippen LogP) is 6.23. The fourth-order valence-corrected chi connectivity index (χ4v) is 3.39. The summed E-state index contributed by atoms with van der Waals surface area (Å²) in [6, 6.07) is 14.6. The quantitative estimate of drug-likeness (QED) is 0.330. The summed E-state index contributed by atoms with van der Waals surface area (Å²) in [5.74, 6) is 0.916. The molecule has 0 saturated carbocycles. The number of pyridine rings is 1. The van der Waals surface area contributed by atoms with Crippen LogP contribution >= 0.6 is 0 Å². The first kappa shape index (κ1) is 23.0. The molecule has 4 aromatic rings. The number of anilines is 2. The molecule has 0 radical (unpaired) electrons. The minimum absolute atomic E-state index is 0.0458. The molecule has 0 aliphatic carbocycles. The summed E-state index contributed by atoms with van der Waals surface area (Å²) < 4.78 is 19.7. The van der Waals surface area contributed by atoms with Gasteiger partial charge in [0, 0.05) is 34.6 Å². The number of benzene rings is 2. The Hall–Kier alpha value is -4.20. The summed E-state index contributed by atoms with van der Waals surface area (Å²) in [6.45, 7) is 6.19. The molecule has 8 heteroatoms. The molecule has 0 spiro atoms. The number of carbonyl (C=O) groups excluding carboxylic acids is 1. The van der Waals surface area contributed by atoms with Crippen LogP contribution in [0.1, 0.15) is 26.6 Å². The van der Waals surface area contributed by atoms with Crippen molar-refractivity contribution in [2.24, 2.45) is 0 Å². The van der Waals surface area contributed by atoms with E-state index < -0.39 is 11.8 Å². The monoisotopic (exact) mass is 459 g/mol. The first-order valence-electron chi connectivity index (χ1n) is 10.8. The van der Waals surface area contributed by atoms with Crippen molar-refractivity contribution in [1.82, 2.24) is 15.0 Å². The number of rotatable bonds is 5. The van der Waals surface area contributed by atoms with Crippen LogP contribution in [0.25, 0.3) is 22.5 Å². The van der Waals surface area contributed by atoms with E-state index in [1.165, 1.54) is 6.07 Å². The number of hydrogen-bond donors (Lipinski definition) is 3. The summed E-state index contributed by atoms with van der Waals surface area (Å²) in [5.41, 5.74) is 3.41. The maximum atomic E-state index is 14.6. The van der Waals surface area contributed by atoms with E-state index in [-0.39, 0.29) is 11.1 Å². The molecule has 0 aliphatic heterocycles. The Labute approximate surface area is 197 Å². The van der Waals surface area contributed by atoms with Crippen molar-refractivity contribution in [3.8, 4) is 28.3 Å². The second kappa shape index (κ2) is 9.35. The van der Waals surface area contributed by atoms with Gasteiger partial charge in [-0.05, 0) is 54.6 Å². The SMILES string of the molecule is COc1ccc(NC(=O)Nc2cc(-c3nc(C(C)(C)C)[nH]c3-c3ccncc3)ccc2F)cc1. The van der Waals surface area contributed by atoms with Crippen LogP contribution in [-0.4, -0.2) is 28.1 Å². The van der Waals surface area contributed by atoms with Crippen molar-refractivity contribution < 1.29 is 13.9 Å². The van der Waals surface area contributed by atoms with Gasteiger partial charge in [0.05, 0.1) is 24.2 Å². The Kier molecular flexibility index (Phi) is 6.32. The highest BCUT2D eigenvalue weighted by molar-refractivity contribution is 6.00. The number of aromatic nitrogens is 3. The van der Waals surface area contributed by atoms with Crippen LogP contribution in [-0.2, 0) is 5.41 Å². The van der Waals surface area contributed by atoms with Gasteiger partial charge in [-0.2, -0.15) is 0 Å². The molecular weight excluding hydrogens is 433 g/mol. The summed E-state index contributed by atoms with van der Waals surface area (Å²) in [4.78, 5) is 24.8. The van der Waals surface area contributed by atoms with Crippen molar-refractivity contribution in [2.75, 3.05) is 17.7 Å². The van der Waals surface area contributed by atoms with E-state index in [0.29, 0.717) is 22.7 Å². The van der Waals surface area contributed by atoms with Gasteiger partial charge >= 0.3 is 6.03 Å². The number of nitrogens with zero attached hydrogens (tertiary/aromatic N) is 2. The lowest BCUT2D eigenvalue weighted by Gasteiger charge is -2.14. The number of halogens is 1. The smallest absolute Gasteiger partial charge is 0.323 e. The van der Waals surface area contributed by atoms with Crippen molar-refractivity contribution >= 4 is 17.4 Å². The van der Waals surface area contributed by atoms with Crippen molar-refractivity contribution in [2.45, 2.75) is 26.2 Å². The molecule has 2 heterocycles. The highest BCUT2D eigenvalue weighted by atomic mass is 19.1. The molecule has 0 unspecified atom stereocenters. The van der Waals surface area contributed by atoms with E-state index in [2.05, 4.69) is 41.4 Å². The maximum absolute atomic E-state index is 14.6. The van der Waals surface area contributed by atoms with E-state index in [1.54, 1.807) is 55.9 Å². The van der Waals surface area contributed by atoms with E-state index in [9.17, 15) is 9.18 Å². The lowest BCUT2D eigenvalue weighted by Crippen LogP contribution is -2.20. The molecule has 0 atom stereocenters. The number of amides is 2. The van der Waals surface area contributed by atoms with E-state index in [4.69, 9.17) is 9.72 Å². The summed E-state index contributed by atoms with van der Waals surface area (Å²) in [5, 5.41) is 5.28. The molecule has 174 valence electrons. The second-order valence-corrected chi connectivity index (χ2v) is 8.80. The highest BCUT2D eigenvalue weighted by Crippen LogP contribution is 2.34. The third-order valence-electron chi connectivity index (χ3n) is 5.22. The molecule has 2 aromatic heterocycles. The van der Waals surface area contributed by atoms with E-state index in [0.717, 1.165) is 17.1 Å². The molecule has 0 bridgehead atoms. The van der Waals surface area contributed by atoms with Gasteiger partial charge in [-0.25, -0.2) is 14.2 Å². The van der Waals surface area contributed by atoms with Crippen LogP contribution in [0.2, 0.25) is 0 Å². The second-order valence-electron chi connectivity index (χ2n) is 8.80. The molecular formula is C26H26FN5O2. The Morgan fingerprint density at radius 2 is 1.68 bits per heavy atom. The van der Waals surface area contributed by atoms with Crippen LogP contribution < -0.4 is 15.4 Å². The van der Waals surface area contributed by atoms with Gasteiger partial charge in [-0.1, -0.05) is 20.8 Å². The highest BCUT2D eigenvalue weighted by Gasteiger charge is 2.23. The average Bonchev–Trinajstić information content (AvgIpc) is 3.28. The number of nitrogens with one attached hydrogen (secondary N) is 3. The molecule has 2 amide bonds. The Bertz CT molecular complexity index is 1300. The van der Waals surface area contributed by atoms with Crippen molar-refractivity contribution in [3.63, 3.8) is 0 Å². The summed E-state index contributed by atoms with van der Waals surface area (Å²) in [7, 11) is 1.56. The number of aromatic amines is 1. The molecule has 3 N–H and O–H groups in total. The number of urea groups is 1. The number of methoxy groups -OCH3 is 1.